The highest BCUT2D eigenvalue weighted by atomic mass is 32.2. The van der Waals surface area contributed by atoms with Gasteiger partial charge in [0.2, 0.25) is 33.7 Å². The Kier molecular flexibility index (Phi) is 17.1. The number of carbonyl (C=O) groups excluding carboxylic acids is 4. The summed E-state index contributed by atoms with van der Waals surface area (Å²) in [5.41, 5.74) is 1.75. The molecule has 2 aromatic carbocycles. The molecule has 0 radical (unpaired) electrons. The number of allylic oxidation sites excluding steroid dienone is 2. The molecule has 0 aromatic heterocycles. The summed E-state index contributed by atoms with van der Waals surface area (Å²) in [6.45, 7) is 5.00. The van der Waals surface area contributed by atoms with E-state index in [-0.39, 0.29) is 31.1 Å². The molecule has 0 bridgehead atoms. The second-order valence-electron chi connectivity index (χ2n) is 15.5. The number of nitrogens with one attached hydrogen (secondary N) is 4. The molecule has 1 fully saturated rings. The van der Waals surface area contributed by atoms with Crippen molar-refractivity contribution in [3.63, 3.8) is 0 Å². The minimum absolute atomic E-state index is 0.0310. The van der Waals surface area contributed by atoms with Gasteiger partial charge < -0.3 is 35.8 Å². The molecule has 2 aliphatic rings. The molecule has 4 rings (SSSR count). The lowest BCUT2D eigenvalue weighted by molar-refractivity contribution is -0.138. The number of ether oxygens (including phenoxy) is 2. The van der Waals surface area contributed by atoms with E-state index in [1.54, 1.807) is 13.8 Å². The van der Waals surface area contributed by atoms with Gasteiger partial charge >= 0.3 is 0 Å². The Labute approximate surface area is 345 Å². The Morgan fingerprint density at radius 2 is 1.54 bits per heavy atom. The highest BCUT2D eigenvalue weighted by Gasteiger charge is 2.46. The van der Waals surface area contributed by atoms with E-state index in [9.17, 15) is 41.5 Å². The van der Waals surface area contributed by atoms with Crippen molar-refractivity contribution in [3.8, 4) is 5.75 Å². The predicted octanol–water partition coefficient (Wildman–Crippen LogP) is 3.12. The van der Waals surface area contributed by atoms with E-state index < -0.39 is 107 Å². The molecule has 324 valence electrons. The van der Waals surface area contributed by atoms with E-state index in [1.807, 2.05) is 55.5 Å². The molecule has 2 aliphatic carbocycles. The normalized spacial score (nSPS) is 20.5. The number of sulfonamides is 1. The number of aliphatic hydroxyl groups is 1. The van der Waals surface area contributed by atoms with Crippen LogP contribution in [0.5, 0.6) is 5.75 Å². The van der Waals surface area contributed by atoms with Crippen LogP contribution >= 0.6 is 0 Å². The standard InChI is InChI=1S/C42H57F2N5O9S/c1-25(2)38(42(54)45-23-27-13-9-7-10-14-27)48-41(53)37(57-5)22-36(50)35(24-58-32-18-29(43)17-30(44)19-32)47-40(52)34-21-31(49(4)59(6,55)56)20-33(34)39(51)46-26(3)28-15-11-8-12-16-28/h7,9-11,13-19,25-26,31,33-38,50H,8,12,20-24H2,1-6H3,(H,45,54)(H,46,51)(H,47,52)(H,48,53)/t26-,31-,33-,34-,35-,36-,37+,38-/m0/s1. The summed E-state index contributed by atoms with van der Waals surface area (Å²) < 4.78 is 65.5. The van der Waals surface area contributed by atoms with Crippen LogP contribution in [0.25, 0.3) is 0 Å². The summed E-state index contributed by atoms with van der Waals surface area (Å²) in [6.07, 6.45) is 5.27. The molecule has 0 heterocycles. The molecule has 4 amide bonds. The third kappa shape index (κ3) is 13.7. The zero-order valence-electron chi connectivity index (χ0n) is 34.3. The van der Waals surface area contributed by atoms with Crippen molar-refractivity contribution in [1.29, 1.82) is 0 Å². The van der Waals surface area contributed by atoms with Gasteiger partial charge in [0.25, 0.3) is 0 Å². The lowest BCUT2D eigenvalue weighted by Gasteiger charge is -2.30. The van der Waals surface area contributed by atoms with Gasteiger partial charge in [-0.05, 0) is 49.7 Å². The number of carbonyl (C=O) groups is 4. The van der Waals surface area contributed by atoms with Gasteiger partial charge in [-0.15, -0.1) is 0 Å². The smallest absolute Gasteiger partial charge is 0.249 e. The Balaban J connectivity index is 1.54. The van der Waals surface area contributed by atoms with Crippen LogP contribution in [0.4, 0.5) is 8.78 Å². The van der Waals surface area contributed by atoms with E-state index in [0.717, 1.165) is 46.7 Å². The summed E-state index contributed by atoms with van der Waals surface area (Å²) in [6, 6.07) is 8.25. The largest absolute Gasteiger partial charge is 0.491 e. The summed E-state index contributed by atoms with van der Waals surface area (Å²) in [7, 11) is -1.11. The first-order chi connectivity index (χ1) is 27.9. The summed E-state index contributed by atoms with van der Waals surface area (Å²) in [5.74, 6) is -6.85. The minimum atomic E-state index is -3.71. The number of hydrogen-bond donors (Lipinski definition) is 5. The van der Waals surface area contributed by atoms with Crippen LogP contribution in [0, 0.1) is 29.4 Å². The van der Waals surface area contributed by atoms with Gasteiger partial charge in [-0.1, -0.05) is 62.4 Å². The van der Waals surface area contributed by atoms with Crippen molar-refractivity contribution in [2.45, 2.75) is 95.8 Å². The van der Waals surface area contributed by atoms with Crippen LogP contribution in [-0.2, 0) is 40.5 Å². The van der Waals surface area contributed by atoms with E-state index in [2.05, 4.69) is 21.3 Å². The van der Waals surface area contributed by atoms with Gasteiger partial charge in [0.15, 0.2) is 0 Å². The third-order valence-electron chi connectivity index (χ3n) is 10.8. The molecule has 8 atom stereocenters. The fourth-order valence-corrected chi connectivity index (χ4v) is 7.94. The fraction of sp³-hybridized carbons (Fsp3) is 0.524. The van der Waals surface area contributed by atoms with Crippen LogP contribution in [0.1, 0.15) is 58.4 Å². The molecule has 5 N–H and O–H groups in total. The van der Waals surface area contributed by atoms with Crippen molar-refractivity contribution in [3.05, 3.63) is 89.5 Å². The van der Waals surface area contributed by atoms with Gasteiger partial charge in [0.05, 0.1) is 36.3 Å². The zero-order valence-corrected chi connectivity index (χ0v) is 35.1. The molecule has 2 aromatic rings. The van der Waals surface area contributed by atoms with E-state index in [1.165, 1.54) is 14.2 Å². The molecule has 14 nitrogen and oxygen atoms in total. The molecule has 1 saturated carbocycles. The topological polar surface area (TPSA) is 192 Å². The Morgan fingerprint density at radius 1 is 0.915 bits per heavy atom. The highest BCUT2D eigenvalue weighted by molar-refractivity contribution is 7.88. The number of hydrogen-bond acceptors (Lipinski definition) is 9. The Bertz CT molecular complexity index is 1930. The predicted molar refractivity (Wildman–Crippen MR) is 217 cm³/mol. The first kappa shape index (κ1) is 47.0. The number of benzene rings is 2. The molecule has 0 aliphatic heterocycles. The fourth-order valence-electron chi connectivity index (χ4n) is 7.22. The first-order valence-corrected chi connectivity index (χ1v) is 21.5. The quantitative estimate of drug-likeness (QED) is 0.133. The van der Waals surface area contributed by atoms with Gasteiger partial charge in [0, 0.05) is 51.4 Å². The summed E-state index contributed by atoms with van der Waals surface area (Å²) in [5, 5.41) is 22.8. The van der Waals surface area contributed by atoms with Crippen LogP contribution < -0.4 is 26.0 Å². The van der Waals surface area contributed by atoms with Crippen LogP contribution in [-0.4, -0.2) is 105 Å². The monoisotopic (exact) mass is 845 g/mol. The number of nitrogens with zero attached hydrogens (tertiary/aromatic N) is 1. The van der Waals surface area contributed by atoms with Gasteiger partial charge in [0.1, 0.15) is 36.1 Å². The second kappa shape index (κ2) is 21.5. The molecular weight excluding hydrogens is 789 g/mol. The van der Waals surface area contributed by atoms with E-state index >= 15 is 0 Å². The van der Waals surface area contributed by atoms with E-state index in [4.69, 9.17) is 9.47 Å². The molecule has 0 spiro atoms. The number of methoxy groups -OCH3 is 1. The van der Waals surface area contributed by atoms with Crippen molar-refractivity contribution in [2.24, 2.45) is 17.8 Å². The molecule has 59 heavy (non-hydrogen) atoms. The maximum absolute atomic E-state index is 14.2. The number of aliphatic hydroxyl groups excluding tert-OH is 1. The molecular formula is C42H57F2N5O9S. The Hall–Kier alpha value is -4.71. The first-order valence-electron chi connectivity index (χ1n) is 19.7. The van der Waals surface area contributed by atoms with Crippen LogP contribution in [0.2, 0.25) is 0 Å². The second-order valence-corrected chi connectivity index (χ2v) is 17.6. The van der Waals surface area contributed by atoms with Crippen LogP contribution in [0.15, 0.2) is 72.3 Å². The van der Waals surface area contributed by atoms with Crippen molar-refractivity contribution in [2.75, 3.05) is 27.0 Å². The maximum atomic E-state index is 14.2. The number of amides is 4. The number of halogens is 2. The average Bonchev–Trinajstić information content (AvgIpc) is 3.65. The SMILES string of the molecule is CO[C@H](C[C@H](O)[C@H](COc1cc(F)cc(F)c1)NC(=O)[C@H]1C[C@@H](N(C)S(C)(=O)=O)C[C@@H]1C(=O)N[C@@H](C)C1=CCCC=C1)C(=O)N[C@H](C(=O)NCc1ccccc1)C(C)C. The van der Waals surface area contributed by atoms with Crippen molar-refractivity contribution < 1.29 is 51.0 Å². The molecule has 17 heteroatoms. The summed E-state index contributed by atoms with van der Waals surface area (Å²) in [4.78, 5) is 54.8. The average molecular weight is 846 g/mol. The Morgan fingerprint density at radius 3 is 2.10 bits per heavy atom. The van der Waals surface area contributed by atoms with Crippen molar-refractivity contribution in [1.82, 2.24) is 25.6 Å². The lowest BCUT2D eigenvalue weighted by atomic mass is 9.92. The van der Waals surface area contributed by atoms with Gasteiger partial charge in [-0.2, -0.15) is 0 Å². The third-order valence-corrected chi connectivity index (χ3v) is 12.1. The minimum Gasteiger partial charge on any atom is -0.491 e. The highest BCUT2D eigenvalue weighted by Crippen LogP contribution is 2.36. The van der Waals surface area contributed by atoms with Gasteiger partial charge in [-0.25, -0.2) is 21.5 Å². The van der Waals surface area contributed by atoms with Crippen molar-refractivity contribution >= 4 is 33.7 Å². The molecule has 0 saturated heterocycles. The molecule has 0 unspecified atom stereocenters. The summed E-state index contributed by atoms with van der Waals surface area (Å²) >= 11 is 0. The van der Waals surface area contributed by atoms with E-state index in [0.29, 0.717) is 6.07 Å². The van der Waals surface area contributed by atoms with Gasteiger partial charge in [-0.3, -0.25) is 19.2 Å². The zero-order chi connectivity index (χ0) is 43.4. The van der Waals surface area contributed by atoms with Crippen LogP contribution in [0.3, 0.4) is 0 Å². The number of rotatable bonds is 20. The maximum Gasteiger partial charge on any atom is 0.249 e. The lowest BCUT2D eigenvalue weighted by Crippen LogP contribution is -2.55.